The molecule has 2 N–H and O–H groups in total. The van der Waals surface area contributed by atoms with Crippen LogP contribution < -0.4 is 5.32 Å². The van der Waals surface area contributed by atoms with E-state index in [4.69, 9.17) is 0 Å². The highest BCUT2D eigenvalue weighted by Gasteiger charge is 2.21. The Morgan fingerprint density at radius 3 is 2.52 bits per heavy atom. The van der Waals surface area contributed by atoms with Crippen molar-refractivity contribution < 1.29 is 13.2 Å². The molecule has 0 aliphatic carbocycles. The fourth-order valence-corrected chi connectivity index (χ4v) is 3.96. The van der Waals surface area contributed by atoms with E-state index in [1.165, 1.54) is 37.3 Å². The van der Waals surface area contributed by atoms with Gasteiger partial charge in [-0.2, -0.15) is 5.26 Å². The van der Waals surface area contributed by atoms with E-state index in [1.807, 2.05) is 25.1 Å². The molecule has 6 nitrogen and oxygen atoms in total. The lowest BCUT2D eigenvalue weighted by molar-refractivity contribution is -0.114. The van der Waals surface area contributed by atoms with Crippen LogP contribution in [0.15, 0.2) is 58.5 Å². The zero-order valence-electron chi connectivity index (χ0n) is 14.8. The van der Waals surface area contributed by atoms with Crippen LogP contribution in [0.25, 0.3) is 17.0 Å². The summed E-state index contributed by atoms with van der Waals surface area (Å²) < 4.78 is 25.7. The summed E-state index contributed by atoms with van der Waals surface area (Å²) in [7, 11) is -3.98. The van der Waals surface area contributed by atoms with Crippen LogP contribution in [-0.4, -0.2) is 19.3 Å². The van der Waals surface area contributed by atoms with Crippen molar-refractivity contribution in [3.8, 4) is 6.07 Å². The minimum atomic E-state index is -3.98. The van der Waals surface area contributed by atoms with Crippen molar-refractivity contribution in [1.82, 2.24) is 4.98 Å². The number of nitriles is 1. The van der Waals surface area contributed by atoms with Gasteiger partial charge in [-0.15, -0.1) is 0 Å². The summed E-state index contributed by atoms with van der Waals surface area (Å²) in [5.41, 5.74) is 3.04. The molecule has 0 fully saturated rings. The number of amides is 1. The number of sulfone groups is 1. The van der Waals surface area contributed by atoms with Crippen LogP contribution in [-0.2, 0) is 14.6 Å². The third-order valence-electron chi connectivity index (χ3n) is 4.13. The lowest BCUT2D eigenvalue weighted by atomic mass is 10.1. The minimum absolute atomic E-state index is 0.0135. The number of hydrogen-bond acceptors (Lipinski definition) is 4. The van der Waals surface area contributed by atoms with Gasteiger partial charge in [0.05, 0.1) is 4.90 Å². The number of anilines is 1. The molecule has 1 aromatic heterocycles. The standard InChI is InChI=1S/C20H17N3O3S/c1-13-4-3-5-19-15(12-22-20(13)19)10-18(11-21)27(25,26)17-8-6-16(7-9-17)23-14(2)24/h3-10,12,22H,1-2H3,(H,23,24)/b18-10+. The van der Waals surface area contributed by atoms with Gasteiger partial charge >= 0.3 is 0 Å². The molecule has 3 rings (SSSR count). The molecule has 1 amide bonds. The second-order valence-electron chi connectivity index (χ2n) is 6.07. The highest BCUT2D eigenvalue weighted by atomic mass is 32.2. The van der Waals surface area contributed by atoms with Gasteiger partial charge in [0, 0.05) is 35.3 Å². The predicted molar refractivity (Wildman–Crippen MR) is 105 cm³/mol. The van der Waals surface area contributed by atoms with E-state index in [0.717, 1.165) is 16.5 Å². The Morgan fingerprint density at radius 2 is 1.89 bits per heavy atom. The molecule has 1 heterocycles. The fourth-order valence-electron chi connectivity index (χ4n) is 2.81. The zero-order chi connectivity index (χ0) is 19.6. The summed E-state index contributed by atoms with van der Waals surface area (Å²) in [5.74, 6) is -0.252. The second-order valence-corrected chi connectivity index (χ2v) is 7.99. The van der Waals surface area contributed by atoms with Crippen LogP contribution in [0.5, 0.6) is 0 Å². The number of nitrogens with one attached hydrogen (secondary N) is 2. The normalized spacial score (nSPS) is 12.0. The molecule has 0 unspecified atom stereocenters. The summed E-state index contributed by atoms with van der Waals surface area (Å²) in [6, 6.07) is 13.2. The van der Waals surface area contributed by atoms with E-state index in [1.54, 1.807) is 12.3 Å². The maximum Gasteiger partial charge on any atom is 0.221 e. The van der Waals surface area contributed by atoms with Crippen molar-refractivity contribution in [1.29, 1.82) is 5.26 Å². The molecule has 0 atom stereocenters. The molecule has 0 aliphatic heterocycles. The molecule has 0 spiro atoms. The van der Waals surface area contributed by atoms with Crippen LogP contribution in [0.1, 0.15) is 18.1 Å². The predicted octanol–water partition coefficient (Wildman–Crippen LogP) is 3.77. The third-order valence-corrected chi connectivity index (χ3v) is 5.81. The summed E-state index contributed by atoms with van der Waals surface area (Å²) in [6.07, 6.45) is 3.06. The molecule has 0 aliphatic rings. The van der Waals surface area contributed by atoms with Crippen LogP contribution in [0.3, 0.4) is 0 Å². The lowest BCUT2D eigenvalue weighted by Crippen LogP contribution is -2.07. The summed E-state index contributed by atoms with van der Waals surface area (Å²) in [4.78, 5) is 13.8. The first-order valence-corrected chi connectivity index (χ1v) is 9.62. The van der Waals surface area contributed by atoms with Gasteiger partial charge in [0.25, 0.3) is 0 Å². The number of fused-ring (bicyclic) bond motifs is 1. The van der Waals surface area contributed by atoms with Gasteiger partial charge in [-0.3, -0.25) is 4.79 Å². The van der Waals surface area contributed by atoms with Crippen molar-refractivity contribution >= 4 is 38.4 Å². The molecule has 0 saturated carbocycles. The number of benzene rings is 2. The first kappa shape index (κ1) is 18.4. The molecule has 7 heteroatoms. The number of aromatic nitrogens is 1. The van der Waals surface area contributed by atoms with Gasteiger partial charge in [-0.1, -0.05) is 18.2 Å². The summed E-state index contributed by atoms with van der Waals surface area (Å²) in [6.45, 7) is 3.31. The smallest absolute Gasteiger partial charge is 0.221 e. The number of carbonyl (C=O) groups is 1. The second kappa shape index (κ2) is 7.09. The average Bonchev–Trinajstić information content (AvgIpc) is 3.04. The van der Waals surface area contributed by atoms with Crippen molar-refractivity contribution in [2.24, 2.45) is 0 Å². The third kappa shape index (κ3) is 3.61. The highest BCUT2D eigenvalue weighted by Crippen LogP contribution is 2.27. The Labute approximate surface area is 157 Å². The van der Waals surface area contributed by atoms with Crippen molar-refractivity contribution in [3.05, 3.63) is 64.7 Å². The average molecular weight is 379 g/mol. The van der Waals surface area contributed by atoms with Crippen LogP contribution in [0.4, 0.5) is 5.69 Å². The quantitative estimate of drug-likeness (QED) is 0.673. The van der Waals surface area contributed by atoms with E-state index in [2.05, 4.69) is 10.3 Å². The summed E-state index contributed by atoms with van der Waals surface area (Å²) in [5, 5.41) is 12.9. The number of aromatic amines is 1. The molecule has 0 radical (unpaired) electrons. The zero-order valence-corrected chi connectivity index (χ0v) is 15.6. The molecule has 3 aromatic rings. The minimum Gasteiger partial charge on any atom is -0.360 e. The molecule has 2 aromatic carbocycles. The molecular formula is C20H17N3O3S. The van der Waals surface area contributed by atoms with Crippen molar-refractivity contribution in [2.75, 3.05) is 5.32 Å². The Hall–Kier alpha value is -3.37. The van der Waals surface area contributed by atoms with E-state index in [-0.39, 0.29) is 15.7 Å². The SMILES string of the molecule is CC(=O)Nc1ccc(S(=O)(=O)/C(C#N)=C/c2c[nH]c3c(C)cccc23)cc1. The number of aryl methyl sites for hydroxylation is 1. The van der Waals surface area contributed by atoms with Crippen molar-refractivity contribution in [2.45, 2.75) is 18.7 Å². The van der Waals surface area contributed by atoms with Gasteiger partial charge in [0.2, 0.25) is 15.7 Å². The molecule has 136 valence electrons. The Morgan fingerprint density at radius 1 is 1.19 bits per heavy atom. The number of allylic oxidation sites excluding steroid dienone is 1. The number of hydrogen-bond donors (Lipinski definition) is 2. The number of para-hydroxylation sites is 1. The Balaban J connectivity index is 2.03. The maximum absolute atomic E-state index is 12.8. The van der Waals surface area contributed by atoms with Gasteiger partial charge < -0.3 is 10.3 Å². The molecule has 27 heavy (non-hydrogen) atoms. The van der Waals surface area contributed by atoms with Gasteiger partial charge in [-0.25, -0.2) is 8.42 Å². The van der Waals surface area contributed by atoms with Gasteiger partial charge in [0.1, 0.15) is 11.0 Å². The molecule has 0 bridgehead atoms. The Kier molecular flexibility index (Phi) is 4.84. The summed E-state index contributed by atoms with van der Waals surface area (Å²) >= 11 is 0. The molecular weight excluding hydrogens is 362 g/mol. The van der Waals surface area contributed by atoms with E-state index >= 15 is 0 Å². The van der Waals surface area contributed by atoms with Gasteiger partial charge in [0.15, 0.2) is 0 Å². The number of nitrogens with zero attached hydrogens (tertiary/aromatic N) is 1. The van der Waals surface area contributed by atoms with Crippen molar-refractivity contribution in [3.63, 3.8) is 0 Å². The topological polar surface area (TPSA) is 103 Å². The van der Waals surface area contributed by atoms with Crippen LogP contribution in [0.2, 0.25) is 0 Å². The first-order valence-electron chi connectivity index (χ1n) is 8.14. The van der Waals surface area contributed by atoms with E-state index in [0.29, 0.717) is 11.3 Å². The fraction of sp³-hybridized carbons (Fsp3) is 0.100. The first-order chi connectivity index (χ1) is 12.8. The van der Waals surface area contributed by atoms with E-state index < -0.39 is 9.84 Å². The molecule has 0 saturated heterocycles. The number of rotatable bonds is 4. The largest absolute Gasteiger partial charge is 0.360 e. The lowest BCUT2D eigenvalue weighted by Gasteiger charge is -2.05. The van der Waals surface area contributed by atoms with Gasteiger partial charge in [-0.05, 0) is 42.8 Å². The van der Waals surface area contributed by atoms with E-state index in [9.17, 15) is 18.5 Å². The Bertz CT molecular complexity index is 1200. The maximum atomic E-state index is 12.8. The van der Waals surface area contributed by atoms with Crippen LogP contribution >= 0.6 is 0 Å². The number of H-pyrrole nitrogens is 1. The number of carbonyl (C=O) groups excluding carboxylic acids is 1. The highest BCUT2D eigenvalue weighted by molar-refractivity contribution is 7.95. The van der Waals surface area contributed by atoms with Crippen LogP contribution in [0, 0.1) is 18.3 Å². The monoisotopic (exact) mass is 379 g/mol.